The van der Waals surface area contributed by atoms with Crippen LogP contribution in [0.3, 0.4) is 0 Å². The van der Waals surface area contributed by atoms with Crippen molar-refractivity contribution in [2.24, 2.45) is 0 Å². The smallest absolute Gasteiger partial charge is 0.297 e. The standard InChI is InChI=1S/C33H19F2N3O5S/c1-42-19-11-12-23-26(15-19)44-32(36-23)38-30(40)29-27(28(39)20-14-18(34)10-13-25(20)43-29)33(38)21-7-3-5-9-24(21)37(31(33)41)16-17-6-2-4-8-22(17)35/h2-15H,16H2,1H3. The summed E-state index contributed by atoms with van der Waals surface area (Å²) < 4.78 is 41.3. The van der Waals surface area contributed by atoms with E-state index in [9.17, 15) is 23.2 Å². The predicted octanol–water partition coefficient (Wildman–Crippen LogP) is 6.14. The molecule has 1 spiro atoms. The second-order valence-electron chi connectivity index (χ2n) is 10.5. The van der Waals surface area contributed by atoms with Gasteiger partial charge >= 0.3 is 0 Å². The average molecular weight is 608 g/mol. The third-order valence-corrected chi connectivity index (χ3v) is 9.15. The van der Waals surface area contributed by atoms with Crippen LogP contribution >= 0.6 is 11.3 Å². The lowest BCUT2D eigenvalue weighted by Gasteiger charge is -2.32. The van der Waals surface area contributed by atoms with Crippen molar-refractivity contribution in [3.8, 4) is 5.75 Å². The fourth-order valence-electron chi connectivity index (χ4n) is 6.20. The van der Waals surface area contributed by atoms with E-state index in [-0.39, 0.29) is 39.5 Å². The molecule has 44 heavy (non-hydrogen) atoms. The van der Waals surface area contributed by atoms with Crippen molar-refractivity contribution in [2.75, 3.05) is 16.9 Å². The first-order valence-electron chi connectivity index (χ1n) is 13.5. The number of rotatable bonds is 4. The summed E-state index contributed by atoms with van der Waals surface area (Å²) in [6, 6.07) is 21.4. The Labute approximate surface area is 251 Å². The number of methoxy groups -OCH3 is 1. The number of hydrogen-bond donors (Lipinski definition) is 0. The molecular weight excluding hydrogens is 588 g/mol. The van der Waals surface area contributed by atoms with Crippen LogP contribution in [-0.2, 0) is 16.9 Å². The van der Waals surface area contributed by atoms with Crippen LogP contribution in [0.15, 0.2) is 94.1 Å². The summed E-state index contributed by atoms with van der Waals surface area (Å²) in [4.78, 5) is 51.0. The van der Waals surface area contributed by atoms with Crippen molar-refractivity contribution >= 4 is 55.2 Å². The Kier molecular flexibility index (Phi) is 5.54. The highest BCUT2D eigenvalue weighted by Crippen LogP contribution is 2.55. The maximum absolute atomic E-state index is 15.0. The maximum Gasteiger partial charge on any atom is 0.297 e. The van der Waals surface area contributed by atoms with E-state index in [1.165, 1.54) is 29.0 Å². The van der Waals surface area contributed by atoms with Gasteiger partial charge in [0, 0.05) is 11.1 Å². The van der Waals surface area contributed by atoms with E-state index in [0.717, 1.165) is 23.5 Å². The summed E-state index contributed by atoms with van der Waals surface area (Å²) in [6.45, 7) is -0.174. The van der Waals surface area contributed by atoms with Gasteiger partial charge < -0.3 is 14.1 Å². The number of nitrogens with zero attached hydrogens (tertiary/aromatic N) is 3. The van der Waals surface area contributed by atoms with Crippen LogP contribution in [0.1, 0.15) is 27.2 Å². The van der Waals surface area contributed by atoms with Crippen LogP contribution in [-0.4, -0.2) is 23.9 Å². The Morgan fingerprint density at radius 1 is 0.955 bits per heavy atom. The molecule has 4 aromatic carbocycles. The molecule has 2 amide bonds. The number of ether oxygens (including phenoxy) is 1. The molecule has 0 saturated carbocycles. The van der Waals surface area contributed by atoms with E-state index in [2.05, 4.69) is 0 Å². The Morgan fingerprint density at radius 3 is 2.57 bits per heavy atom. The molecule has 0 bridgehead atoms. The zero-order valence-electron chi connectivity index (χ0n) is 22.8. The number of halogens is 2. The molecule has 1 unspecified atom stereocenters. The van der Waals surface area contributed by atoms with E-state index in [4.69, 9.17) is 14.1 Å². The molecule has 0 radical (unpaired) electrons. The number of anilines is 2. The SMILES string of the molecule is COc1ccc2nc(N3C(=O)c4oc5ccc(F)cc5c(=O)c4C34C(=O)N(Cc3ccccc3F)c3ccccc34)sc2c1. The molecule has 0 saturated heterocycles. The van der Waals surface area contributed by atoms with Gasteiger partial charge in [0.25, 0.3) is 11.8 Å². The largest absolute Gasteiger partial charge is 0.497 e. The van der Waals surface area contributed by atoms with Gasteiger partial charge in [0.1, 0.15) is 23.0 Å². The third kappa shape index (κ3) is 3.41. The van der Waals surface area contributed by atoms with Gasteiger partial charge in [-0.3, -0.25) is 19.3 Å². The van der Waals surface area contributed by atoms with E-state index < -0.39 is 34.4 Å². The fraction of sp³-hybridized carbons (Fsp3) is 0.0909. The Hall–Kier alpha value is -5.42. The van der Waals surface area contributed by atoms with Crippen molar-refractivity contribution in [3.63, 3.8) is 0 Å². The highest BCUT2D eigenvalue weighted by Gasteiger charge is 2.66. The van der Waals surface area contributed by atoms with Gasteiger partial charge in [0.05, 0.1) is 40.5 Å². The van der Waals surface area contributed by atoms with Crippen LogP contribution in [0.25, 0.3) is 21.2 Å². The summed E-state index contributed by atoms with van der Waals surface area (Å²) in [7, 11) is 1.53. The van der Waals surface area contributed by atoms with Crippen molar-refractivity contribution in [2.45, 2.75) is 12.1 Å². The van der Waals surface area contributed by atoms with Crippen molar-refractivity contribution < 1.29 is 27.5 Å². The molecule has 4 heterocycles. The first-order valence-corrected chi connectivity index (χ1v) is 14.4. The quantitative estimate of drug-likeness (QED) is 0.239. The molecule has 0 aliphatic carbocycles. The number of benzene rings is 4. The summed E-state index contributed by atoms with van der Waals surface area (Å²) in [6.07, 6.45) is 0. The molecule has 2 aliphatic heterocycles. The molecule has 6 aromatic rings. The first-order chi connectivity index (χ1) is 21.3. The summed E-state index contributed by atoms with van der Waals surface area (Å²) in [5.41, 5.74) is -1.56. The van der Waals surface area contributed by atoms with Gasteiger partial charge in [-0.05, 0) is 48.5 Å². The molecule has 1 atom stereocenters. The fourth-order valence-corrected chi connectivity index (χ4v) is 7.25. The zero-order chi connectivity index (χ0) is 30.3. The van der Waals surface area contributed by atoms with Gasteiger partial charge in [-0.25, -0.2) is 13.8 Å². The van der Waals surface area contributed by atoms with Crippen LogP contribution in [0.5, 0.6) is 5.75 Å². The molecule has 8 rings (SSSR count). The molecule has 2 aromatic heterocycles. The van der Waals surface area contributed by atoms with E-state index in [1.807, 2.05) is 0 Å². The normalized spacial score (nSPS) is 17.2. The second kappa shape index (κ2) is 9.29. The maximum atomic E-state index is 15.0. The third-order valence-electron chi connectivity index (χ3n) is 8.15. The molecule has 0 N–H and O–H groups in total. The lowest BCUT2D eigenvalue weighted by molar-refractivity contribution is -0.121. The number of carbonyl (C=O) groups excluding carboxylic acids is 2. The van der Waals surface area contributed by atoms with Crippen LogP contribution in [0.4, 0.5) is 19.6 Å². The number of hydrogen-bond acceptors (Lipinski definition) is 7. The number of aromatic nitrogens is 1. The molecule has 8 nitrogen and oxygen atoms in total. The lowest BCUT2D eigenvalue weighted by atomic mass is 9.84. The topological polar surface area (TPSA) is 93.0 Å². The lowest BCUT2D eigenvalue weighted by Crippen LogP contribution is -2.53. The van der Waals surface area contributed by atoms with Gasteiger partial charge in [-0.15, -0.1) is 0 Å². The minimum absolute atomic E-state index is 0.00326. The highest BCUT2D eigenvalue weighted by molar-refractivity contribution is 7.22. The summed E-state index contributed by atoms with van der Waals surface area (Å²) in [5, 5.41) is 0.0137. The van der Waals surface area contributed by atoms with Crippen molar-refractivity contribution in [1.29, 1.82) is 0 Å². The average Bonchev–Trinajstić information content (AvgIpc) is 3.64. The van der Waals surface area contributed by atoms with E-state index in [0.29, 0.717) is 27.2 Å². The number of amides is 2. The van der Waals surface area contributed by atoms with Gasteiger partial charge in [0.15, 0.2) is 16.1 Å². The Bertz CT molecular complexity index is 2280. The first kappa shape index (κ1) is 26.2. The van der Waals surface area contributed by atoms with Gasteiger partial charge in [0.2, 0.25) is 5.76 Å². The molecular formula is C33H19F2N3O5S. The number of fused-ring (bicyclic) bond motifs is 6. The molecule has 0 fully saturated rings. The van der Waals surface area contributed by atoms with Gasteiger partial charge in [-0.1, -0.05) is 47.7 Å². The zero-order valence-corrected chi connectivity index (χ0v) is 23.7. The number of thiazole rings is 1. The minimum Gasteiger partial charge on any atom is -0.497 e. The van der Waals surface area contributed by atoms with Crippen molar-refractivity contribution in [1.82, 2.24) is 4.98 Å². The highest BCUT2D eigenvalue weighted by atomic mass is 32.1. The molecule has 216 valence electrons. The van der Waals surface area contributed by atoms with Gasteiger partial charge in [-0.2, -0.15) is 0 Å². The predicted molar refractivity (Wildman–Crippen MR) is 160 cm³/mol. The van der Waals surface area contributed by atoms with Crippen LogP contribution in [0.2, 0.25) is 0 Å². The van der Waals surface area contributed by atoms with Crippen LogP contribution in [0, 0.1) is 11.6 Å². The van der Waals surface area contributed by atoms with Crippen LogP contribution < -0.4 is 20.0 Å². The molecule has 2 aliphatic rings. The van der Waals surface area contributed by atoms with E-state index >= 15 is 0 Å². The number of carbonyl (C=O) groups is 2. The molecule has 11 heteroatoms. The number of para-hydroxylation sites is 1. The van der Waals surface area contributed by atoms with E-state index in [1.54, 1.807) is 60.7 Å². The Balaban J connectivity index is 1.45. The summed E-state index contributed by atoms with van der Waals surface area (Å²) in [5.74, 6) is -2.40. The minimum atomic E-state index is -2.06. The monoisotopic (exact) mass is 607 g/mol. The summed E-state index contributed by atoms with van der Waals surface area (Å²) >= 11 is 1.14. The van der Waals surface area contributed by atoms with Crippen molar-refractivity contribution in [3.05, 3.63) is 129 Å². The second-order valence-corrected chi connectivity index (χ2v) is 11.5. The Morgan fingerprint density at radius 2 is 1.75 bits per heavy atom.